The van der Waals surface area contributed by atoms with E-state index in [0.29, 0.717) is 19.8 Å². The number of hydrogen-bond donors (Lipinski definition) is 1. The summed E-state index contributed by atoms with van der Waals surface area (Å²) in [6.07, 6.45) is 3.46. The van der Waals surface area contributed by atoms with Gasteiger partial charge in [0.2, 0.25) is 5.95 Å². The maximum absolute atomic E-state index is 5.78. The third kappa shape index (κ3) is 3.73. The highest BCUT2D eigenvalue weighted by Crippen LogP contribution is 2.32. The molecule has 2 saturated heterocycles. The van der Waals surface area contributed by atoms with Gasteiger partial charge in [-0.3, -0.25) is 0 Å². The Labute approximate surface area is 153 Å². The molecule has 2 aromatic rings. The number of piperidine rings is 1. The predicted octanol–water partition coefficient (Wildman–Crippen LogP) is 2.96. The number of nitrogens with one attached hydrogen (secondary N) is 1. The summed E-state index contributed by atoms with van der Waals surface area (Å²) in [6, 6.07) is 9.71. The van der Waals surface area contributed by atoms with Gasteiger partial charge in [-0.25, -0.2) is 4.98 Å². The molecule has 2 fully saturated rings. The van der Waals surface area contributed by atoms with Crippen molar-refractivity contribution in [3.8, 4) is 5.75 Å². The van der Waals surface area contributed by atoms with Crippen LogP contribution in [0.3, 0.4) is 0 Å². The normalized spacial score (nSPS) is 18.9. The van der Waals surface area contributed by atoms with Gasteiger partial charge < -0.3 is 24.4 Å². The van der Waals surface area contributed by atoms with Crippen LogP contribution < -0.4 is 15.0 Å². The zero-order valence-electron chi connectivity index (χ0n) is 15.0. The molecule has 138 valence electrons. The van der Waals surface area contributed by atoms with Crippen molar-refractivity contribution in [1.82, 2.24) is 9.97 Å². The standard InChI is InChI=1S/C19H24N4O3/c1-2-24-16-5-3-15(4-6-16)21-17-7-10-20-18(22-17)23-11-8-19(9-12-23)25-13-14-26-19/h3-7,10H,2,8-9,11-14H2,1H3,(H,20,21,22). The van der Waals surface area contributed by atoms with Crippen molar-refractivity contribution in [1.29, 1.82) is 0 Å². The Bertz CT molecular complexity index is 722. The highest BCUT2D eigenvalue weighted by Gasteiger charge is 2.40. The molecule has 2 aliphatic rings. The Balaban J connectivity index is 1.40. The lowest BCUT2D eigenvalue weighted by atomic mass is 10.0. The topological polar surface area (TPSA) is 68.7 Å². The van der Waals surface area contributed by atoms with Crippen molar-refractivity contribution in [3.63, 3.8) is 0 Å². The lowest BCUT2D eigenvalue weighted by molar-refractivity contribution is -0.169. The van der Waals surface area contributed by atoms with Crippen LogP contribution in [0, 0.1) is 0 Å². The van der Waals surface area contributed by atoms with Gasteiger partial charge in [-0.2, -0.15) is 4.98 Å². The van der Waals surface area contributed by atoms with Crippen LogP contribution in [0.2, 0.25) is 0 Å². The minimum atomic E-state index is -0.380. The van der Waals surface area contributed by atoms with Gasteiger partial charge in [-0.15, -0.1) is 0 Å². The van der Waals surface area contributed by atoms with Crippen molar-refractivity contribution >= 4 is 17.5 Å². The number of hydrogen-bond acceptors (Lipinski definition) is 7. The van der Waals surface area contributed by atoms with E-state index in [0.717, 1.165) is 49.1 Å². The average molecular weight is 356 g/mol. The minimum absolute atomic E-state index is 0.380. The van der Waals surface area contributed by atoms with Gasteiger partial charge in [0.1, 0.15) is 11.6 Å². The first kappa shape index (κ1) is 17.1. The largest absolute Gasteiger partial charge is 0.494 e. The number of rotatable bonds is 5. The van der Waals surface area contributed by atoms with E-state index in [1.807, 2.05) is 37.3 Å². The van der Waals surface area contributed by atoms with E-state index >= 15 is 0 Å². The Morgan fingerprint density at radius 2 is 1.85 bits per heavy atom. The minimum Gasteiger partial charge on any atom is -0.494 e. The second-order valence-electron chi connectivity index (χ2n) is 6.42. The molecule has 0 radical (unpaired) electrons. The summed E-state index contributed by atoms with van der Waals surface area (Å²) in [7, 11) is 0. The van der Waals surface area contributed by atoms with Gasteiger partial charge in [-0.1, -0.05) is 0 Å². The zero-order chi connectivity index (χ0) is 17.8. The lowest BCUT2D eigenvalue weighted by Crippen LogP contribution is -2.45. The van der Waals surface area contributed by atoms with Gasteiger partial charge in [0.15, 0.2) is 5.79 Å². The molecule has 7 heteroatoms. The maximum Gasteiger partial charge on any atom is 0.227 e. The van der Waals surface area contributed by atoms with Gasteiger partial charge in [0, 0.05) is 37.8 Å². The fourth-order valence-corrected chi connectivity index (χ4v) is 3.35. The molecule has 1 N–H and O–H groups in total. The predicted molar refractivity (Wildman–Crippen MR) is 99.0 cm³/mol. The highest BCUT2D eigenvalue weighted by atomic mass is 16.7. The molecule has 1 aromatic heterocycles. The Morgan fingerprint density at radius 1 is 1.12 bits per heavy atom. The molecule has 0 saturated carbocycles. The molecule has 0 unspecified atom stereocenters. The second kappa shape index (κ2) is 7.47. The van der Waals surface area contributed by atoms with Crippen molar-refractivity contribution < 1.29 is 14.2 Å². The molecule has 7 nitrogen and oxygen atoms in total. The number of nitrogens with zero attached hydrogens (tertiary/aromatic N) is 3. The molecule has 0 bridgehead atoms. The second-order valence-corrected chi connectivity index (χ2v) is 6.42. The first-order valence-electron chi connectivity index (χ1n) is 9.12. The zero-order valence-corrected chi connectivity index (χ0v) is 15.0. The summed E-state index contributed by atoms with van der Waals surface area (Å²) in [5, 5.41) is 3.32. The van der Waals surface area contributed by atoms with E-state index in [2.05, 4.69) is 20.2 Å². The lowest BCUT2D eigenvalue weighted by Gasteiger charge is -2.37. The quantitative estimate of drug-likeness (QED) is 0.883. The van der Waals surface area contributed by atoms with Crippen LogP contribution in [0.15, 0.2) is 36.5 Å². The SMILES string of the molecule is CCOc1ccc(Nc2ccnc(N3CCC4(CC3)OCCO4)n2)cc1. The van der Waals surface area contributed by atoms with E-state index in [9.17, 15) is 0 Å². The molecule has 1 spiro atoms. The van der Waals surface area contributed by atoms with Crippen LogP contribution in [-0.2, 0) is 9.47 Å². The van der Waals surface area contributed by atoms with E-state index in [-0.39, 0.29) is 5.79 Å². The fraction of sp³-hybridized carbons (Fsp3) is 0.474. The molecule has 4 rings (SSSR count). The van der Waals surface area contributed by atoms with Gasteiger partial charge in [0.25, 0.3) is 0 Å². The number of aromatic nitrogens is 2. The smallest absolute Gasteiger partial charge is 0.227 e. The molecule has 0 atom stereocenters. The van der Waals surface area contributed by atoms with Gasteiger partial charge in [-0.05, 0) is 37.3 Å². The Morgan fingerprint density at radius 3 is 2.54 bits per heavy atom. The van der Waals surface area contributed by atoms with Gasteiger partial charge in [0.05, 0.1) is 19.8 Å². The van der Waals surface area contributed by atoms with Crippen molar-refractivity contribution in [3.05, 3.63) is 36.5 Å². The Hall–Kier alpha value is -2.38. The van der Waals surface area contributed by atoms with E-state index in [1.54, 1.807) is 6.20 Å². The van der Waals surface area contributed by atoms with E-state index < -0.39 is 0 Å². The summed E-state index contributed by atoms with van der Waals surface area (Å²) in [6.45, 7) is 5.67. The molecular formula is C19H24N4O3. The average Bonchev–Trinajstić information content (AvgIpc) is 3.12. The van der Waals surface area contributed by atoms with Crippen LogP contribution in [0.4, 0.5) is 17.5 Å². The molecule has 26 heavy (non-hydrogen) atoms. The first-order valence-corrected chi connectivity index (χ1v) is 9.12. The molecule has 0 amide bonds. The van der Waals surface area contributed by atoms with Gasteiger partial charge >= 0.3 is 0 Å². The molecule has 0 aliphatic carbocycles. The number of benzene rings is 1. The highest BCUT2D eigenvalue weighted by molar-refractivity contribution is 5.58. The van der Waals surface area contributed by atoms with Crippen molar-refractivity contribution in [2.24, 2.45) is 0 Å². The fourth-order valence-electron chi connectivity index (χ4n) is 3.35. The van der Waals surface area contributed by atoms with Crippen molar-refractivity contribution in [2.75, 3.05) is 43.1 Å². The summed E-state index contributed by atoms with van der Waals surface area (Å²) in [5.74, 6) is 1.98. The Kier molecular flexibility index (Phi) is 4.90. The van der Waals surface area contributed by atoms with E-state index in [1.165, 1.54) is 0 Å². The van der Waals surface area contributed by atoms with Crippen LogP contribution in [0.5, 0.6) is 5.75 Å². The molecule has 1 aromatic carbocycles. The van der Waals surface area contributed by atoms with Crippen LogP contribution >= 0.6 is 0 Å². The maximum atomic E-state index is 5.78. The monoisotopic (exact) mass is 356 g/mol. The first-order chi connectivity index (χ1) is 12.8. The third-order valence-corrected chi connectivity index (χ3v) is 4.70. The van der Waals surface area contributed by atoms with E-state index in [4.69, 9.17) is 14.2 Å². The summed E-state index contributed by atoms with van der Waals surface area (Å²) < 4.78 is 17.0. The molecule has 3 heterocycles. The summed E-state index contributed by atoms with van der Waals surface area (Å²) in [5.41, 5.74) is 0.962. The summed E-state index contributed by atoms with van der Waals surface area (Å²) in [4.78, 5) is 11.3. The molecule has 2 aliphatic heterocycles. The number of ether oxygens (including phenoxy) is 3. The van der Waals surface area contributed by atoms with Crippen LogP contribution in [-0.4, -0.2) is 48.7 Å². The van der Waals surface area contributed by atoms with Crippen LogP contribution in [0.1, 0.15) is 19.8 Å². The number of anilines is 3. The summed E-state index contributed by atoms with van der Waals surface area (Å²) >= 11 is 0. The van der Waals surface area contributed by atoms with Crippen LogP contribution in [0.25, 0.3) is 0 Å². The third-order valence-electron chi connectivity index (χ3n) is 4.70. The van der Waals surface area contributed by atoms with Crippen molar-refractivity contribution in [2.45, 2.75) is 25.6 Å². The molecular weight excluding hydrogens is 332 g/mol.